The van der Waals surface area contributed by atoms with Gasteiger partial charge in [0, 0.05) is 0 Å². The number of carbonyl (C=O) groups is 3. The summed E-state index contributed by atoms with van der Waals surface area (Å²) in [7, 11) is 0. The van der Waals surface area contributed by atoms with E-state index >= 15 is 0 Å². The minimum absolute atomic E-state index is 0.135. The van der Waals surface area contributed by atoms with E-state index in [-0.39, 0.29) is 5.57 Å². The molecular weight excluding hydrogens is 396 g/mol. The van der Waals surface area contributed by atoms with Gasteiger partial charge in [-0.1, -0.05) is 32.0 Å². The van der Waals surface area contributed by atoms with Crippen LogP contribution in [-0.2, 0) is 16.0 Å². The van der Waals surface area contributed by atoms with Crippen LogP contribution < -0.4 is 19.7 Å². The van der Waals surface area contributed by atoms with Crippen molar-refractivity contribution in [3.05, 3.63) is 59.2 Å². The van der Waals surface area contributed by atoms with Crippen molar-refractivity contribution in [3.8, 4) is 11.5 Å². The lowest BCUT2D eigenvalue weighted by atomic mass is 10.1. The minimum Gasteiger partial charge on any atom is -0.490 e. The highest BCUT2D eigenvalue weighted by Gasteiger charge is 2.36. The number of benzene rings is 2. The Bertz CT molecular complexity index is 1010. The predicted molar refractivity (Wildman–Crippen MR) is 118 cm³/mol. The normalized spacial score (nSPS) is 15.3. The molecule has 31 heavy (non-hydrogen) atoms. The van der Waals surface area contributed by atoms with Crippen molar-refractivity contribution in [1.29, 1.82) is 0 Å². The van der Waals surface area contributed by atoms with Crippen LogP contribution in [-0.4, -0.2) is 31.1 Å². The Kier molecular flexibility index (Phi) is 7.07. The van der Waals surface area contributed by atoms with Crippen LogP contribution in [0.3, 0.4) is 0 Å². The largest absolute Gasteiger partial charge is 0.490 e. The summed E-state index contributed by atoms with van der Waals surface area (Å²) in [6.07, 6.45) is 3.14. The second-order valence-corrected chi connectivity index (χ2v) is 6.97. The van der Waals surface area contributed by atoms with Crippen molar-refractivity contribution < 1.29 is 23.9 Å². The fourth-order valence-corrected chi connectivity index (χ4v) is 3.15. The van der Waals surface area contributed by atoms with Gasteiger partial charge < -0.3 is 9.47 Å². The molecule has 0 atom stereocenters. The number of aryl methyl sites for hydroxylation is 1. The third-order valence-electron chi connectivity index (χ3n) is 4.74. The van der Waals surface area contributed by atoms with Crippen molar-refractivity contribution >= 4 is 29.6 Å². The van der Waals surface area contributed by atoms with Gasteiger partial charge in [-0.15, -0.1) is 0 Å². The van der Waals surface area contributed by atoms with E-state index in [1.54, 1.807) is 30.3 Å². The van der Waals surface area contributed by atoms with Crippen molar-refractivity contribution in [2.24, 2.45) is 0 Å². The van der Waals surface area contributed by atoms with Crippen LogP contribution in [0.2, 0.25) is 0 Å². The Morgan fingerprint density at radius 3 is 2.32 bits per heavy atom. The van der Waals surface area contributed by atoms with E-state index in [9.17, 15) is 14.4 Å². The first-order chi connectivity index (χ1) is 15.0. The van der Waals surface area contributed by atoms with Crippen LogP contribution >= 0.6 is 0 Å². The lowest BCUT2D eigenvalue weighted by Gasteiger charge is -2.26. The van der Waals surface area contributed by atoms with Crippen LogP contribution in [0, 0.1) is 0 Å². The van der Waals surface area contributed by atoms with Gasteiger partial charge in [0.1, 0.15) is 5.57 Å². The molecular formula is C24H26N2O5. The SMILES string of the molecule is CCCOc1ccc(/C=C2\C(=O)NC(=O)N(c3ccc(CC)cc3)C2=O)cc1OCC. The Labute approximate surface area is 181 Å². The Hall–Kier alpha value is -3.61. The van der Waals surface area contributed by atoms with Gasteiger partial charge in [0.15, 0.2) is 11.5 Å². The molecule has 0 spiro atoms. The van der Waals surface area contributed by atoms with Crippen LogP contribution in [0.1, 0.15) is 38.3 Å². The Morgan fingerprint density at radius 1 is 0.935 bits per heavy atom. The van der Waals surface area contributed by atoms with E-state index in [2.05, 4.69) is 5.32 Å². The van der Waals surface area contributed by atoms with Gasteiger partial charge in [-0.25, -0.2) is 9.69 Å². The molecule has 4 amide bonds. The van der Waals surface area contributed by atoms with Gasteiger partial charge in [-0.3, -0.25) is 14.9 Å². The first kappa shape index (κ1) is 22.1. The quantitative estimate of drug-likeness (QED) is 0.511. The molecule has 0 saturated carbocycles. The number of hydrogen-bond acceptors (Lipinski definition) is 5. The Morgan fingerprint density at radius 2 is 1.68 bits per heavy atom. The standard InChI is InChI=1S/C24H26N2O5/c1-4-13-31-20-12-9-17(15-21(20)30-6-3)14-19-22(27)25-24(29)26(23(19)28)18-10-7-16(5-2)8-11-18/h7-12,14-15H,4-6,13H2,1-3H3,(H,25,27,29)/b19-14+. The number of imide groups is 2. The van der Waals surface area contributed by atoms with Crippen molar-refractivity contribution in [1.82, 2.24) is 5.32 Å². The van der Waals surface area contributed by atoms with Crippen LogP contribution in [0.4, 0.5) is 10.5 Å². The average Bonchev–Trinajstić information content (AvgIpc) is 2.76. The van der Waals surface area contributed by atoms with Crippen molar-refractivity contribution in [2.45, 2.75) is 33.6 Å². The van der Waals surface area contributed by atoms with E-state index in [0.29, 0.717) is 36.0 Å². The van der Waals surface area contributed by atoms with Gasteiger partial charge in [0.05, 0.1) is 18.9 Å². The number of carbonyl (C=O) groups excluding carboxylic acids is 3. The lowest BCUT2D eigenvalue weighted by Crippen LogP contribution is -2.54. The van der Waals surface area contributed by atoms with Gasteiger partial charge >= 0.3 is 6.03 Å². The molecule has 2 aromatic carbocycles. The lowest BCUT2D eigenvalue weighted by molar-refractivity contribution is -0.122. The minimum atomic E-state index is -0.769. The van der Waals surface area contributed by atoms with Crippen LogP contribution in [0.15, 0.2) is 48.0 Å². The van der Waals surface area contributed by atoms with E-state index in [0.717, 1.165) is 23.3 Å². The maximum atomic E-state index is 13.0. The molecule has 0 bridgehead atoms. The molecule has 1 aliphatic heterocycles. The second-order valence-electron chi connectivity index (χ2n) is 6.97. The highest BCUT2D eigenvalue weighted by molar-refractivity contribution is 6.39. The molecule has 0 aliphatic carbocycles. The number of rotatable bonds is 8. The fraction of sp³-hybridized carbons (Fsp3) is 0.292. The number of nitrogens with one attached hydrogen (secondary N) is 1. The summed E-state index contributed by atoms with van der Waals surface area (Å²) in [4.78, 5) is 38.8. The van der Waals surface area contributed by atoms with Gasteiger partial charge in [-0.2, -0.15) is 0 Å². The molecule has 7 heteroatoms. The molecule has 0 unspecified atom stereocenters. The summed E-state index contributed by atoms with van der Waals surface area (Å²) in [5, 5.41) is 2.24. The zero-order valence-electron chi connectivity index (χ0n) is 17.9. The third kappa shape index (κ3) is 4.94. The number of nitrogens with zero attached hydrogens (tertiary/aromatic N) is 1. The van der Waals surface area contributed by atoms with Crippen molar-refractivity contribution in [3.63, 3.8) is 0 Å². The maximum absolute atomic E-state index is 13.0. The number of amides is 4. The molecule has 162 valence electrons. The zero-order valence-corrected chi connectivity index (χ0v) is 17.9. The summed E-state index contributed by atoms with van der Waals surface area (Å²) < 4.78 is 11.3. The molecule has 3 rings (SSSR count). The number of ether oxygens (including phenoxy) is 2. The number of anilines is 1. The molecule has 2 aromatic rings. The number of hydrogen-bond donors (Lipinski definition) is 1. The Balaban J connectivity index is 1.94. The number of barbiturate groups is 1. The summed E-state index contributed by atoms with van der Waals surface area (Å²) in [5.41, 5.74) is 1.93. The monoisotopic (exact) mass is 422 g/mol. The number of urea groups is 1. The van der Waals surface area contributed by atoms with E-state index in [1.165, 1.54) is 6.08 Å². The highest BCUT2D eigenvalue weighted by Crippen LogP contribution is 2.30. The van der Waals surface area contributed by atoms with Crippen molar-refractivity contribution in [2.75, 3.05) is 18.1 Å². The smallest absolute Gasteiger partial charge is 0.335 e. The molecule has 1 heterocycles. The van der Waals surface area contributed by atoms with Crippen LogP contribution in [0.5, 0.6) is 11.5 Å². The molecule has 0 aromatic heterocycles. The van der Waals surface area contributed by atoms with E-state index in [1.807, 2.05) is 32.9 Å². The van der Waals surface area contributed by atoms with Crippen LogP contribution in [0.25, 0.3) is 6.08 Å². The molecule has 1 N–H and O–H groups in total. The molecule has 0 radical (unpaired) electrons. The highest BCUT2D eigenvalue weighted by atomic mass is 16.5. The topological polar surface area (TPSA) is 84.9 Å². The first-order valence-electron chi connectivity index (χ1n) is 10.4. The fourth-order valence-electron chi connectivity index (χ4n) is 3.15. The summed E-state index contributed by atoms with van der Waals surface area (Å²) in [6.45, 7) is 6.88. The second kappa shape index (κ2) is 9.93. The third-order valence-corrected chi connectivity index (χ3v) is 4.74. The first-order valence-corrected chi connectivity index (χ1v) is 10.4. The summed E-state index contributed by atoms with van der Waals surface area (Å²) >= 11 is 0. The summed E-state index contributed by atoms with van der Waals surface area (Å²) in [6, 6.07) is 11.5. The molecule has 7 nitrogen and oxygen atoms in total. The van der Waals surface area contributed by atoms with Gasteiger partial charge in [-0.05, 0) is 61.2 Å². The maximum Gasteiger partial charge on any atom is 0.335 e. The zero-order chi connectivity index (χ0) is 22.4. The average molecular weight is 422 g/mol. The van der Waals surface area contributed by atoms with Gasteiger partial charge in [0.2, 0.25) is 0 Å². The van der Waals surface area contributed by atoms with E-state index in [4.69, 9.17) is 9.47 Å². The van der Waals surface area contributed by atoms with Gasteiger partial charge in [0.25, 0.3) is 11.8 Å². The summed E-state index contributed by atoms with van der Waals surface area (Å²) in [5.74, 6) is -0.293. The predicted octanol–water partition coefficient (Wildman–Crippen LogP) is 4.10. The molecule has 1 fully saturated rings. The molecule has 1 saturated heterocycles. The van der Waals surface area contributed by atoms with E-state index < -0.39 is 17.8 Å². The molecule has 1 aliphatic rings.